The molecule has 7 nitrogen and oxygen atoms in total. The molecule has 1 aliphatic rings. The van der Waals surface area contributed by atoms with E-state index in [1.165, 1.54) is 19.0 Å². The SMILES string of the molecule is O=C(O)Cn1cc(C(=O)NCCCC2CC2)nn1. The third kappa shape index (κ3) is 3.83. The van der Waals surface area contributed by atoms with E-state index < -0.39 is 5.97 Å². The molecule has 2 rings (SSSR count). The van der Waals surface area contributed by atoms with Crippen LogP contribution in [-0.2, 0) is 11.3 Å². The van der Waals surface area contributed by atoms with Crippen molar-refractivity contribution >= 4 is 11.9 Å². The summed E-state index contributed by atoms with van der Waals surface area (Å²) in [6.45, 7) is 0.336. The van der Waals surface area contributed by atoms with Crippen LogP contribution in [0.3, 0.4) is 0 Å². The van der Waals surface area contributed by atoms with Gasteiger partial charge in [-0.05, 0) is 18.8 Å². The molecule has 1 aliphatic carbocycles. The van der Waals surface area contributed by atoms with Gasteiger partial charge < -0.3 is 10.4 Å². The van der Waals surface area contributed by atoms with Gasteiger partial charge in [0.05, 0.1) is 6.20 Å². The number of carbonyl (C=O) groups is 2. The van der Waals surface area contributed by atoms with Crippen LogP contribution in [0.2, 0.25) is 0 Å². The van der Waals surface area contributed by atoms with E-state index in [4.69, 9.17) is 5.11 Å². The highest BCUT2D eigenvalue weighted by molar-refractivity contribution is 5.91. The number of aromatic nitrogens is 3. The number of aliphatic carboxylic acids is 1. The summed E-state index contributed by atoms with van der Waals surface area (Å²) in [5, 5.41) is 18.5. The molecule has 1 aromatic heterocycles. The van der Waals surface area contributed by atoms with Crippen molar-refractivity contribution in [3.05, 3.63) is 11.9 Å². The topological polar surface area (TPSA) is 97.1 Å². The van der Waals surface area contributed by atoms with Gasteiger partial charge in [0.2, 0.25) is 0 Å². The number of hydrogen-bond donors (Lipinski definition) is 2. The molecular weight excluding hydrogens is 236 g/mol. The van der Waals surface area contributed by atoms with E-state index in [-0.39, 0.29) is 18.1 Å². The molecule has 0 spiro atoms. The van der Waals surface area contributed by atoms with Crippen molar-refractivity contribution in [3.63, 3.8) is 0 Å². The number of amides is 1. The van der Waals surface area contributed by atoms with Crippen molar-refractivity contribution < 1.29 is 14.7 Å². The van der Waals surface area contributed by atoms with Gasteiger partial charge in [-0.1, -0.05) is 18.1 Å². The smallest absolute Gasteiger partial charge is 0.325 e. The highest BCUT2D eigenvalue weighted by Crippen LogP contribution is 2.33. The van der Waals surface area contributed by atoms with Gasteiger partial charge in [0.25, 0.3) is 5.91 Å². The number of hydrogen-bond acceptors (Lipinski definition) is 4. The van der Waals surface area contributed by atoms with Gasteiger partial charge in [-0.2, -0.15) is 0 Å². The number of carboxylic acids is 1. The van der Waals surface area contributed by atoms with Gasteiger partial charge in [0.1, 0.15) is 6.54 Å². The van der Waals surface area contributed by atoms with Crippen LogP contribution in [0.25, 0.3) is 0 Å². The second kappa shape index (κ2) is 5.61. The molecule has 1 fully saturated rings. The molecule has 0 unspecified atom stereocenters. The summed E-state index contributed by atoms with van der Waals surface area (Å²) in [6.07, 6.45) is 6.10. The van der Waals surface area contributed by atoms with Crippen LogP contribution in [0.4, 0.5) is 0 Å². The zero-order valence-corrected chi connectivity index (χ0v) is 10.0. The summed E-state index contributed by atoms with van der Waals surface area (Å²) < 4.78 is 1.13. The molecule has 98 valence electrons. The fourth-order valence-electron chi connectivity index (χ4n) is 1.71. The minimum Gasteiger partial charge on any atom is -0.480 e. The molecule has 2 N–H and O–H groups in total. The maximum Gasteiger partial charge on any atom is 0.325 e. The van der Waals surface area contributed by atoms with E-state index >= 15 is 0 Å². The molecule has 1 aromatic rings. The molecule has 1 saturated carbocycles. The molecule has 0 saturated heterocycles. The van der Waals surface area contributed by atoms with Crippen LogP contribution in [0.15, 0.2) is 6.20 Å². The lowest BCUT2D eigenvalue weighted by atomic mass is 10.2. The van der Waals surface area contributed by atoms with Crippen molar-refractivity contribution in [2.75, 3.05) is 6.54 Å². The normalized spacial score (nSPS) is 14.4. The summed E-state index contributed by atoms with van der Waals surface area (Å²) >= 11 is 0. The van der Waals surface area contributed by atoms with Crippen molar-refractivity contribution in [1.82, 2.24) is 20.3 Å². The van der Waals surface area contributed by atoms with Gasteiger partial charge in [0.15, 0.2) is 5.69 Å². The Morgan fingerprint density at radius 3 is 2.94 bits per heavy atom. The van der Waals surface area contributed by atoms with Crippen molar-refractivity contribution in [1.29, 1.82) is 0 Å². The van der Waals surface area contributed by atoms with Crippen LogP contribution in [0, 0.1) is 5.92 Å². The second-order valence-electron chi connectivity index (χ2n) is 4.54. The minimum atomic E-state index is -1.02. The average Bonchev–Trinajstić information content (AvgIpc) is 3.03. The molecular formula is C11H16N4O3. The maximum absolute atomic E-state index is 11.6. The van der Waals surface area contributed by atoms with Crippen LogP contribution in [-0.4, -0.2) is 38.5 Å². The fraction of sp³-hybridized carbons (Fsp3) is 0.636. The lowest BCUT2D eigenvalue weighted by molar-refractivity contribution is -0.137. The quantitative estimate of drug-likeness (QED) is 0.679. The number of nitrogens with one attached hydrogen (secondary N) is 1. The van der Waals surface area contributed by atoms with E-state index in [2.05, 4.69) is 15.6 Å². The van der Waals surface area contributed by atoms with Gasteiger partial charge in [-0.25, -0.2) is 4.68 Å². The Balaban J connectivity index is 1.73. The molecule has 0 bridgehead atoms. The molecule has 0 radical (unpaired) electrons. The maximum atomic E-state index is 11.6. The highest BCUT2D eigenvalue weighted by Gasteiger charge is 2.20. The first-order valence-electron chi connectivity index (χ1n) is 6.05. The lowest BCUT2D eigenvalue weighted by Gasteiger charge is -2.01. The van der Waals surface area contributed by atoms with Crippen LogP contribution < -0.4 is 5.32 Å². The molecule has 18 heavy (non-hydrogen) atoms. The monoisotopic (exact) mass is 252 g/mol. The predicted molar refractivity (Wildman–Crippen MR) is 61.9 cm³/mol. The van der Waals surface area contributed by atoms with E-state index in [1.54, 1.807) is 0 Å². The molecule has 0 aliphatic heterocycles. The first-order valence-corrected chi connectivity index (χ1v) is 6.05. The number of rotatable bonds is 7. The fourth-order valence-corrected chi connectivity index (χ4v) is 1.71. The average molecular weight is 252 g/mol. The number of carboxylic acid groups (broad SMARTS) is 1. The highest BCUT2D eigenvalue weighted by atomic mass is 16.4. The molecule has 1 heterocycles. The van der Waals surface area contributed by atoms with Gasteiger partial charge >= 0.3 is 5.97 Å². The Labute approximate surface area is 104 Å². The van der Waals surface area contributed by atoms with Crippen molar-refractivity contribution in [2.45, 2.75) is 32.2 Å². The standard InChI is InChI=1S/C11H16N4O3/c16-10(17)7-15-6-9(13-14-15)11(18)12-5-1-2-8-3-4-8/h6,8H,1-5,7H2,(H,12,18)(H,16,17). The molecule has 0 aromatic carbocycles. The third-order valence-corrected chi connectivity index (χ3v) is 2.84. The van der Waals surface area contributed by atoms with Crippen molar-refractivity contribution in [2.24, 2.45) is 5.92 Å². The van der Waals surface area contributed by atoms with E-state index in [0.29, 0.717) is 6.54 Å². The summed E-state index contributed by atoms with van der Waals surface area (Å²) in [6, 6.07) is 0. The predicted octanol–water partition coefficient (Wildman–Crippen LogP) is 0.283. The van der Waals surface area contributed by atoms with Gasteiger partial charge in [0, 0.05) is 6.54 Å². The number of nitrogens with zero attached hydrogens (tertiary/aromatic N) is 3. The largest absolute Gasteiger partial charge is 0.480 e. The Morgan fingerprint density at radius 2 is 2.28 bits per heavy atom. The molecule has 1 amide bonds. The van der Waals surface area contributed by atoms with E-state index in [1.807, 2.05) is 0 Å². The summed E-state index contributed by atoms with van der Waals surface area (Å²) in [4.78, 5) is 22.1. The summed E-state index contributed by atoms with van der Waals surface area (Å²) in [5.41, 5.74) is 0.155. The molecule has 0 atom stereocenters. The first kappa shape index (κ1) is 12.5. The first-order chi connectivity index (χ1) is 8.65. The van der Waals surface area contributed by atoms with Crippen LogP contribution in [0.1, 0.15) is 36.2 Å². The van der Waals surface area contributed by atoms with E-state index in [0.717, 1.165) is 23.4 Å². The van der Waals surface area contributed by atoms with Crippen LogP contribution in [0.5, 0.6) is 0 Å². The summed E-state index contributed by atoms with van der Waals surface area (Å²) in [7, 11) is 0. The molecule has 7 heteroatoms. The third-order valence-electron chi connectivity index (χ3n) is 2.84. The minimum absolute atomic E-state index is 0.155. The number of carbonyl (C=O) groups excluding carboxylic acids is 1. The summed E-state index contributed by atoms with van der Waals surface area (Å²) in [5.74, 6) is -0.461. The zero-order valence-electron chi connectivity index (χ0n) is 10.0. The van der Waals surface area contributed by atoms with Crippen LogP contribution >= 0.6 is 0 Å². The Bertz CT molecular complexity index is 439. The zero-order chi connectivity index (χ0) is 13.0. The van der Waals surface area contributed by atoms with Gasteiger partial charge in [-0.15, -0.1) is 5.10 Å². The second-order valence-corrected chi connectivity index (χ2v) is 4.54. The van der Waals surface area contributed by atoms with E-state index in [9.17, 15) is 9.59 Å². The van der Waals surface area contributed by atoms with Gasteiger partial charge in [-0.3, -0.25) is 9.59 Å². The lowest BCUT2D eigenvalue weighted by Crippen LogP contribution is -2.24. The Hall–Kier alpha value is -1.92. The van der Waals surface area contributed by atoms with Crippen molar-refractivity contribution in [3.8, 4) is 0 Å². The Kier molecular flexibility index (Phi) is 3.91. The Morgan fingerprint density at radius 1 is 1.50 bits per heavy atom.